The summed E-state index contributed by atoms with van der Waals surface area (Å²) in [6, 6.07) is 0. The Hall–Kier alpha value is 4.09. The van der Waals surface area contributed by atoms with Gasteiger partial charge in [0.25, 0.3) is 0 Å². The molecule has 0 aliphatic carbocycles. The van der Waals surface area contributed by atoms with Crippen molar-refractivity contribution >= 4 is 88.3 Å². The minimum absolute atomic E-state index is 0. The summed E-state index contributed by atoms with van der Waals surface area (Å²) in [7, 11) is 1.72. The predicted molar refractivity (Wildman–Crippen MR) is 27.1 cm³/mol. The smallest absolute Gasteiger partial charge is 2.00 e. The van der Waals surface area contributed by atoms with Crippen molar-refractivity contribution in [2.45, 2.75) is 0 Å². The second-order valence-corrected chi connectivity index (χ2v) is 0. The standard InChI is InChI=1S/Al.Ca.Mg.Na.OSi.5O.Ti/c;;;;1-2;;;;;;/q+3;2*+2;+1;+2;5*-2;+4. The molecule has 0 rings (SSSR count). The van der Waals surface area contributed by atoms with Gasteiger partial charge in [-0.15, -0.1) is 0 Å². The second-order valence-electron chi connectivity index (χ2n) is 0. The summed E-state index contributed by atoms with van der Waals surface area (Å²) in [4.78, 5) is 0. The Morgan fingerprint density at radius 2 is 0.750 bits per heavy atom. The molecule has 6 nitrogen and oxygen atoms in total. The van der Waals surface area contributed by atoms with Crippen LogP contribution in [0.1, 0.15) is 0 Å². The Morgan fingerprint density at radius 3 is 0.750 bits per heavy atom. The van der Waals surface area contributed by atoms with Crippen molar-refractivity contribution in [3.63, 3.8) is 0 Å². The first-order chi connectivity index (χ1) is 1.00. The summed E-state index contributed by atoms with van der Waals surface area (Å²) < 4.78 is 8.06. The molecule has 0 heterocycles. The SMILES string of the molecule is O=[Si+2].[Al+3].[Ca+2].[Mg+2].[Na+].[O-2].[O-2].[O-2].[O-2].[O-2].[Ti+4]. The van der Waals surface area contributed by atoms with Crippen LogP contribution >= 0.6 is 0 Å². The van der Waals surface area contributed by atoms with Gasteiger partial charge >= 0.3 is 144 Å². The summed E-state index contributed by atoms with van der Waals surface area (Å²) in [5, 5.41) is 0. The van der Waals surface area contributed by atoms with E-state index in [1.54, 1.807) is 10.1 Å². The molecular formula is AlCaMgNaO6SiTi+4. The van der Waals surface area contributed by atoms with E-state index in [9.17, 15) is 0 Å². The fourth-order valence-corrected chi connectivity index (χ4v) is 0. The van der Waals surface area contributed by atoms with E-state index in [1.807, 2.05) is 0 Å². The molecule has 12 heavy (non-hydrogen) atoms. The van der Waals surface area contributed by atoms with Crippen molar-refractivity contribution in [3.05, 3.63) is 0 Å². The zero-order valence-corrected chi connectivity index (χ0v) is 15.8. The van der Waals surface area contributed by atoms with Gasteiger partial charge in [-0.05, 0) is 0 Å². The van der Waals surface area contributed by atoms with Crippen molar-refractivity contribution in [3.8, 4) is 0 Å². The molecule has 0 saturated heterocycles. The van der Waals surface area contributed by atoms with Crippen LogP contribution in [0.2, 0.25) is 0 Å². The van der Waals surface area contributed by atoms with E-state index in [2.05, 4.69) is 0 Å². The maximum atomic E-state index is 8.06. The summed E-state index contributed by atoms with van der Waals surface area (Å²) >= 11 is 0. The molecule has 0 unspecified atom stereocenters. The van der Waals surface area contributed by atoms with Crippen molar-refractivity contribution in [2.24, 2.45) is 0 Å². The number of hydrogen-bond donors (Lipinski definition) is 0. The van der Waals surface area contributed by atoms with E-state index >= 15 is 0 Å². The molecular weight excluding hydrogens is 286 g/mol. The Labute approximate surface area is 168 Å². The average Bonchev–Trinajstić information content (AvgIpc) is 1.00. The predicted octanol–water partition coefficient (Wildman–Crippen LogP) is -5.23. The third-order valence-electron chi connectivity index (χ3n) is 0. The van der Waals surface area contributed by atoms with Crippen LogP contribution in [0.5, 0.6) is 0 Å². The summed E-state index contributed by atoms with van der Waals surface area (Å²) in [6.07, 6.45) is 0. The molecule has 0 fully saturated rings. The number of hydrogen-bond acceptors (Lipinski definition) is 1. The molecule has 0 saturated carbocycles. The Bertz CT molecular complexity index is 27.5. The van der Waals surface area contributed by atoms with Gasteiger partial charge in [-0.1, -0.05) is 0 Å². The first kappa shape index (κ1) is 141. The van der Waals surface area contributed by atoms with Gasteiger partial charge in [0.05, 0.1) is 0 Å². The van der Waals surface area contributed by atoms with Crippen LogP contribution in [0.25, 0.3) is 0 Å². The summed E-state index contributed by atoms with van der Waals surface area (Å²) in [5.74, 6) is 0. The topological polar surface area (TPSA) is 160 Å². The molecule has 0 aromatic heterocycles. The largest absolute Gasteiger partial charge is 4.00 e. The first-order valence-corrected chi connectivity index (χ1v) is 0.612. The van der Waals surface area contributed by atoms with E-state index in [-0.39, 0.29) is 157 Å². The zero-order valence-electron chi connectivity index (χ0n) is 6.44. The van der Waals surface area contributed by atoms with Crippen LogP contribution in [0, 0.1) is 0 Å². The van der Waals surface area contributed by atoms with Gasteiger partial charge < -0.3 is 27.4 Å². The van der Waals surface area contributed by atoms with Gasteiger partial charge in [-0.3, -0.25) is 0 Å². The van der Waals surface area contributed by atoms with Crippen LogP contribution in [-0.2, 0) is 53.6 Å². The molecule has 0 amide bonds. The Morgan fingerprint density at radius 1 is 0.750 bits per heavy atom. The molecule has 0 N–H and O–H groups in total. The monoisotopic (exact) mass is 286 g/mol. The van der Waals surface area contributed by atoms with Crippen molar-refractivity contribution in [2.75, 3.05) is 0 Å². The van der Waals surface area contributed by atoms with Gasteiger partial charge in [0.15, 0.2) is 0 Å². The molecule has 0 aromatic carbocycles. The fourth-order valence-electron chi connectivity index (χ4n) is 0. The normalized spacial score (nSPS) is 0.500. The molecule has 12 heteroatoms. The van der Waals surface area contributed by atoms with E-state index in [0.29, 0.717) is 0 Å². The van der Waals surface area contributed by atoms with Crippen molar-refractivity contribution in [1.82, 2.24) is 0 Å². The zero-order chi connectivity index (χ0) is 2.00. The van der Waals surface area contributed by atoms with Gasteiger partial charge in [0, 0.05) is 0 Å². The van der Waals surface area contributed by atoms with E-state index < -0.39 is 0 Å². The van der Waals surface area contributed by atoms with E-state index in [1.165, 1.54) is 0 Å². The van der Waals surface area contributed by atoms with Gasteiger partial charge in [-0.2, -0.15) is 0 Å². The molecule has 0 spiro atoms. The fraction of sp³-hybridized carbons (Fsp3) is 0. The molecule has 0 atom stereocenters. The minimum atomic E-state index is 0. The first-order valence-electron chi connectivity index (χ1n) is 0.204. The molecule has 0 bridgehead atoms. The van der Waals surface area contributed by atoms with E-state index in [0.717, 1.165) is 0 Å². The van der Waals surface area contributed by atoms with Crippen LogP contribution in [0.3, 0.4) is 0 Å². The van der Waals surface area contributed by atoms with Crippen LogP contribution in [0.15, 0.2) is 0 Å². The van der Waals surface area contributed by atoms with E-state index in [4.69, 9.17) is 4.46 Å². The third-order valence-corrected chi connectivity index (χ3v) is 0. The Balaban J connectivity index is -0.000000000111. The molecule has 0 radical (unpaired) electrons. The number of rotatable bonds is 0. The van der Waals surface area contributed by atoms with Gasteiger partial charge in [-0.25, -0.2) is 0 Å². The third kappa shape index (κ3) is 144. The Kier molecular flexibility index (Phi) is 2110. The van der Waals surface area contributed by atoms with Crippen LogP contribution in [0.4, 0.5) is 0 Å². The maximum absolute atomic E-state index is 8.06. The molecule has 0 aliphatic rings. The van der Waals surface area contributed by atoms with Crippen LogP contribution in [-0.4, -0.2) is 88.3 Å². The quantitative estimate of drug-likeness (QED) is 0.400. The van der Waals surface area contributed by atoms with Gasteiger partial charge in [0.2, 0.25) is 0 Å². The van der Waals surface area contributed by atoms with Crippen molar-refractivity contribution < 1.29 is 83.1 Å². The second kappa shape index (κ2) is 179. The molecule has 0 aromatic rings. The maximum Gasteiger partial charge on any atom is 4.00 e. The average molecular weight is 286 g/mol. The van der Waals surface area contributed by atoms with Gasteiger partial charge in [0.1, 0.15) is 0 Å². The molecule has 48 valence electrons. The van der Waals surface area contributed by atoms with Crippen molar-refractivity contribution in [1.29, 1.82) is 0 Å². The van der Waals surface area contributed by atoms with Crippen LogP contribution < -0.4 is 29.6 Å². The summed E-state index contributed by atoms with van der Waals surface area (Å²) in [5.41, 5.74) is 0. The minimum Gasteiger partial charge on any atom is -2.00 e. The summed E-state index contributed by atoms with van der Waals surface area (Å²) in [6.45, 7) is 0. The molecule has 0 aliphatic heterocycles.